The number of hydrogen-bond acceptors (Lipinski definition) is 3. The summed E-state index contributed by atoms with van der Waals surface area (Å²) in [5, 5.41) is 0. The van der Waals surface area contributed by atoms with Gasteiger partial charge in [0.1, 0.15) is 0 Å². The molecule has 0 atom stereocenters. The summed E-state index contributed by atoms with van der Waals surface area (Å²) in [5.41, 5.74) is 2.34. The van der Waals surface area contributed by atoms with Crippen molar-refractivity contribution in [2.45, 2.75) is 32.7 Å². The molecule has 1 saturated heterocycles. The molecule has 4 heteroatoms. The van der Waals surface area contributed by atoms with Crippen LogP contribution in [0.2, 0.25) is 0 Å². The van der Waals surface area contributed by atoms with Crippen molar-refractivity contribution >= 4 is 11.6 Å². The topological polar surface area (TPSA) is 36.4 Å². The molecule has 0 saturated carbocycles. The van der Waals surface area contributed by atoms with Gasteiger partial charge >= 0.3 is 0 Å². The van der Waals surface area contributed by atoms with Crippen molar-refractivity contribution in [2.24, 2.45) is 5.92 Å². The van der Waals surface area contributed by atoms with E-state index in [0.717, 1.165) is 38.3 Å². The number of hydrogen-bond donors (Lipinski definition) is 0. The maximum absolute atomic E-state index is 12.0. The normalized spacial score (nSPS) is 15.9. The lowest BCUT2D eigenvalue weighted by Gasteiger charge is -2.33. The molecule has 1 aliphatic rings. The summed E-state index contributed by atoms with van der Waals surface area (Å²) in [6.07, 6.45) is 6.99. The van der Waals surface area contributed by atoms with E-state index >= 15 is 0 Å². The van der Waals surface area contributed by atoms with Crippen LogP contribution in [0.5, 0.6) is 0 Å². The Labute approximate surface area is 150 Å². The summed E-state index contributed by atoms with van der Waals surface area (Å²) >= 11 is 0. The molecule has 1 aromatic heterocycles. The largest absolute Gasteiger partial charge is 0.313 e. The van der Waals surface area contributed by atoms with Gasteiger partial charge in [-0.2, -0.15) is 0 Å². The predicted octanol–water partition coefficient (Wildman–Crippen LogP) is 3.74. The number of benzene rings is 1. The Morgan fingerprint density at radius 2 is 1.80 bits per heavy atom. The van der Waals surface area contributed by atoms with Crippen molar-refractivity contribution in [3.8, 4) is 0 Å². The molecule has 0 bridgehead atoms. The highest BCUT2D eigenvalue weighted by Gasteiger charge is 2.21. The van der Waals surface area contributed by atoms with E-state index in [1.165, 1.54) is 18.4 Å². The van der Waals surface area contributed by atoms with Gasteiger partial charge in [-0.1, -0.05) is 30.3 Å². The van der Waals surface area contributed by atoms with Crippen LogP contribution < -0.4 is 4.90 Å². The summed E-state index contributed by atoms with van der Waals surface area (Å²) in [7, 11) is 0. The monoisotopic (exact) mass is 337 g/mol. The Morgan fingerprint density at radius 3 is 2.44 bits per heavy atom. The van der Waals surface area contributed by atoms with Gasteiger partial charge in [-0.3, -0.25) is 14.7 Å². The van der Waals surface area contributed by atoms with Crippen molar-refractivity contribution in [3.05, 3.63) is 60.4 Å². The standard InChI is InChI=1S/C21H27N3O/c1-18(25)24(21-7-12-22-13-8-21)16-11-19-9-14-23(15-10-19)17-20-5-3-2-4-6-20/h2-8,12-13,19H,9-11,14-17H2,1H3. The van der Waals surface area contributed by atoms with E-state index in [1.54, 1.807) is 19.3 Å². The van der Waals surface area contributed by atoms with Crippen molar-refractivity contribution in [3.63, 3.8) is 0 Å². The second kappa shape index (κ2) is 8.77. The zero-order chi connectivity index (χ0) is 17.5. The molecule has 0 N–H and O–H groups in total. The van der Waals surface area contributed by atoms with Crippen LogP contribution in [0.15, 0.2) is 54.9 Å². The molecule has 132 valence electrons. The molecule has 1 aromatic carbocycles. The third-order valence-electron chi connectivity index (χ3n) is 5.07. The van der Waals surface area contributed by atoms with Gasteiger partial charge in [0.05, 0.1) is 0 Å². The number of anilines is 1. The highest BCUT2D eigenvalue weighted by atomic mass is 16.2. The quantitative estimate of drug-likeness (QED) is 0.806. The van der Waals surface area contributed by atoms with Crippen LogP contribution in [0.3, 0.4) is 0 Å². The van der Waals surface area contributed by atoms with E-state index in [-0.39, 0.29) is 5.91 Å². The third kappa shape index (κ3) is 5.13. The van der Waals surface area contributed by atoms with Gasteiger partial charge in [-0.05, 0) is 56.0 Å². The van der Waals surface area contributed by atoms with Crippen molar-refractivity contribution < 1.29 is 4.79 Å². The van der Waals surface area contributed by atoms with Crippen molar-refractivity contribution in [1.29, 1.82) is 0 Å². The Balaban J connectivity index is 1.46. The summed E-state index contributed by atoms with van der Waals surface area (Å²) in [6, 6.07) is 14.5. The molecule has 0 radical (unpaired) electrons. The number of nitrogens with zero attached hydrogens (tertiary/aromatic N) is 3. The number of rotatable bonds is 6. The summed E-state index contributed by atoms with van der Waals surface area (Å²) in [4.78, 5) is 20.4. The van der Waals surface area contributed by atoms with Crippen LogP contribution in [0.1, 0.15) is 31.7 Å². The molecule has 2 aromatic rings. The van der Waals surface area contributed by atoms with Gasteiger partial charge < -0.3 is 4.90 Å². The number of amides is 1. The highest BCUT2D eigenvalue weighted by molar-refractivity contribution is 5.91. The molecule has 1 aliphatic heterocycles. The fraction of sp³-hybridized carbons (Fsp3) is 0.429. The van der Waals surface area contributed by atoms with Gasteiger partial charge in [-0.25, -0.2) is 0 Å². The maximum atomic E-state index is 12.0. The van der Waals surface area contributed by atoms with Gasteiger partial charge in [-0.15, -0.1) is 0 Å². The van der Waals surface area contributed by atoms with Gasteiger partial charge in [0, 0.05) is 38.1 Å². The van der Waals surface area contributed by atoms with E-state index in [1.807, 2.05) is 17.0 Å². The van der Waals surface area contributed by atoms with Gasteiger partial charge in [0.2, 0.25) is 5.91 Å². The Hall–Kier alpha value is -2.20. The number of pyridine rings is 1. The SMILES string of the molecule is CC(=O)N(CCC1CCN(Cc2ccccc2)CC1)c1ccncc1. The van der Waals surface area contributed by atoms with Crippen molar-refractivity contribution in [1.82, 2.24) is 9.88 Å². The first-order chi connectivity index (χ1) is 12.2. The van der Waals surface area contributed by atoms with E-state index in [4.69, 9.17) is 0 Å². The number of aromatic nitrogens is 1. The fourth-order valence-electron chi connectivity index (χ4n) is 3.58. The third-order valence-corrected chi connectivity index (χ3v) is 5.07. The lowest BCUT2D eigenvalue weighted by Crippen LogP contribution is -2.36. The van der Waals surface area contributed by atoms with Crippen LogP contribution in [0.25, 0.3) is 0 Å². The van der Waals surface area contributed by atoms with E-state index in [9.17, 15) is 4.79 Å². The Kier molecular flexibility index (Phi) is 6.18. The highest BCUT2D eigenvalue weighted by Crippen LogP contribution is 2.23. The number of likely N-dealkylation sites (tertiary alicyclic amines) is 1. The molecule has 2 heterocycles. The second-order valence-corrected chi connectivity index (χ2v) is 6.87. The zero-order valence-electron chi connectivity index (χ0n) is 15.0. The van der Waals surface area contributed by atoms with Crippen LogP contribution in [0.4, 0.5) is 5.69 Å². The Morgan fingerprint density at radius 1 is 1.12 bits per heavy atom. The number of carbonyl (C=O) groups is 1. The zero-order valence-corrected chi connectivity index (χ0v) is 15.0. The first-order valence-corrected chi connectivity index (χ1v) is 9.17. The first-order valence-electron chi connectivity index (χ1n) is 9.17. The Bertz CT molecular complexity index is 651. The molecular weight excluding hydrogens is 310 g/mol. The number of piperidine rings is 1. The minimum absolute atomic E-state index is 0.104. The van der Waals surface area contributed by atoms with Gasteiger partial charge in [0.25, 0.3) is 0 Å². The van der Waals surface area contributed by atoms with E-state index in [2.05, 4.69) is 40.2 Å². The molecule has 1 fully saturated rings. The van der Waals surface area contributed by atoms with E-state index in [0.29, 0.717) is 5.92 Å². The molecule has 0 unspecified atom stereocenters. The molecule has 1 amide bonds. The smallest absolute Gasteiger partial charge is 0.223 e. The maximum Gasteiger partial charge on any atom is 0.223 e. The van der Waals surface area contributed by atoms with Crippen molar-refractivity contribution in [2.75, 3.05) is 24.5 Å². The molecule has 0 spiro atoms. The predicted molar refractivity (Wildman–Crippen MR) is 101 cm³/mol. The summed E-state index contributed by atoms with van der Waals surface area (Å²) in [5.74, 6) is 0.809. The first kappa shape index (κ1) is 17.6. The second-order valence-electron chi connectivity index (χ2n) is 6.87. The number of carbonyl (C=O) groups excluding carboxylic acids is 1. The summed E-state index contributed by atoms with van der Waals surface area (Å²) < 4.78 is 0. The molecule has 25 heavy (non-hydrogen) atoms. The lowest BCUT2D eigenvalue weighted by atomic mass is 9.93. The minimum Gasteiger partial charge on any atom is -0.313 e. The van der Waals surface area contributed by atoms with Crippen LogP contribution in [0, 0.1) is 5.92 Å². The molecule has 0 aliphatic carbocycles. The van der Waals surface area contributed by atoms with E-state index < -0.39 is 0 Å². The van der Waals surface area contributed by atoms with Crippen LogP contribution in [-0.2, 0) is 11.3 Å². The molecule has 4 nitrogen and oxygen atoms in total. The van der Waals surface area contributed by atoms with Crippen LogP contribution in [-0.4, -0.2) is 35.4 Å². The lowest BCUT2D eigenvalue weighted by molar-refractivity contribution is -0.116. The molecule has 3 rings (SSSR count). The van der Waals surface area contributed by atoms with Crippen LogP contribution >= 0.6 is 0 Å². The molecular formula is C21H27N3O. The minimum atomic E-state index is 0.104. The summed E-state index contributed by atoms with van der Waals surface area (Å²) in [6.45, 7) is 5.78. The van der Waals surface area contributed by atoms with Gasteiger partial charge in [0.15, 0.2) is 0 Å². The average molecular weight is 337 g/mol. The average Bonchev–Trinajstić information content (AvgIpc) is 2.65. The fourth-order valence-corrected chi connectivity index (χ4v) is 3.58.